The number of halogens is 1. The van der Waals surface area contributed by atoms with Crippen LogP contribution in [0.5, 0.6) is 0 Å². The molecule has 2 rings (SSSR count). The number of nitrogens with zero attached hydrogens (tertiary/aromatic N) is 1. The summed E-state index contributed by atoms with van der Waals surface area (Å²) in [5, 5.41) is 20.0. The van der Waals surface area contributed by atoms with Crippen LogP contribution in [-0.4, -0.2) is 41.4 Å². The van der Waals surface area contributed by atoms with Gasteiger partial charge in [-0.3, -0.25) is 0 Å². The number of piperidine rings is 1. The van der Waals surface area contributed by atoms with Crippen LogP contribution in [0.2, 0.25) is 5.02 Å². The molecule has 1 heterocycles. The molecule has 0 bridgehead atoms. The van der Waals surface area contributed by atoms with Crippen molar-refractivity contribution in [2.45, 2.75) is 25.4 Å². The first kappa shape index (κ1) is 14.8. The molecule has 2 atom stereocenters. The zero-order valence-electron chi connectivity index (χ0n) is 11.1. The minimum atomic E-state index is -0.511. The summed E-state index contributed by atoms with van der Waals surface area (Å²) >= 11 is 6.08. The summed E-state index contributed by atoms with van der Waals surface area (Å²) in [4.78, 5) is 2.32. The maximum absolute atomic E-state index is 10.2. The third-order valence-electron chi connectivity index (χ3n) is 3.84. The van der Waals surface area contributed by atoms with Gasteiger partial charge in [0.15, 0.2) is 0 Å². The van der Waals surface area contributed by atoms with Crippen LogP contribution in [0.15, 0.2) is 24.3 Å². The summed E-state index contributed by atoms with van der Waals surface area (Å²) in [7, 11) is 0. The van der Waals surface area contributed by atoms with Gasteiger partial charge < -0.3 is 15.1 Å². The van der Waals surface area contributed by atoms with E-state index in [9.17, 15) is 10.2 Å². The van der Waals surface area contributed by atoms with Gasteiger partial charge in [0, 0.05) is 24.7 Å². The van der Waals surface area contributed by atoms with Crippen LogP contribution in [0.4, 0.5) is 0 Å². The van der Waals surface area contributed by atoms with E-state index in [1.807, 2.05) is 24.3 Å². The smallest absolute Gasteiger partial charge is 0.0816 e. The van der Waals surface area contributed by atoms with E-state index in [2.05, 4.69) is 4.90 Å². The predicted octanol–water partition coefficient (Wildman–Crippen LogP) is 2.47. The van der Waals surface area contributed by atoms with Crippen molar-refractivity contribution in [3.63, 3.8) is 0 Å². The zero-order valence-corrected chi connectivity index (χ0v) is 11.9. The normalized spacial score (nSPS) is 22.4. The number of hydrogen-bond donors (Lipinski definition) is 2. The highest BCUT2D eigenvalue weighted by molar-refractivity contribution is 6.31. The first-order chi connectivity index (χ1) is 9.20. The average Bonchev–Trinajstić information content (AvgIpc) is 2.45. The number of likely N-dealkylation sites (tertiary alicyclic amines) is 1. The summed E-state index contributed by atoms with van der Waals surface area (Å²) in [5.41, 5.74) is 0.805. The van der Waals surface area contributed by atoms with Crippen molar-refractivity contribution in [2.75, 3.05) is 26.2 Å². The fourth-order valence-corrected chi connectivity index (χ4v) is 2.97. The van der Waals surface area contributed by atoms with Gasteiger partial charge in [0.1, 0.15) is 0 Å². The van der Waals surface area contributed by atoms with Gasteiger partial charge in [0.05, 0.1) is 6.10 Å². The van der Waals surface area contributed by atoms with Gasteiger partial charge in [-0.1, -0.05) is 29.8 Å². The number of aliphatic hydroxyl groups excluding tert-OH is 2. The maximum Gasteiger partial charge on any atom is 0.0816 e. The maximum atomic E-state index is 10.2. The molecule has 0 saturated carbocycles. The van der Waals surface area contributed by atoms with E-state index >= 15 is 0 Å². The molecule has 0 spiro atoms. The fourth-order valence-electron chi connectivity index (χ4n) is 2.71. The van der Waals surface area contributed by atoms with Crippen LogP contribution in [-0.2, 0) is 0 Å². The summed E-state index contributed by atoms with van der Waals surface area (Å²) < 4.78 is 0. The Hall–Kier alpha value is -0.610. The van der Waals surface area contributed by atoms with Crippen LogP contribution >= 0.6 is 11.6 Å². The molecular weight excluding hydrogens is 262 g/mol. The second-order valence-corrected chi connectivity index (χ2v) is 5.72. The number of rotatable bonds is 5. The Morgan fingerprint density at radius 3 is 2.89 bits per heavy atom. The van der Waals surface area contributed by atoms with Crippen LogP contribution in [0.1, 0.15) is 30.9 Å². The number of aliphatic hydroxyl groups is 2. The molecular formula is C15H22ClNO2. The Kier molecular flexibility index (Phi) is 5.64. The highest BCUT2D eigenvalue weighted by Gasteiger charge is 2.20. The molecule has 0 aliphatic carbocycles. The van der Waals surface area contributed by atoms with Gasteiger partial charge in [-0.25, -0.2) is 0 Å². The molecule has 0 radical (unpaired) electrons. The van der Waals surface area contributed by atoms with E-state index in [1.165, 1.54) is 0 Å². The molecule has 0 aromatic heterocycles. The second-order valence-electron chi connectivity index (χ2n) is 5.32. The van der Waals surface area contributed by atoms with Crippen molar-refractivity contribution < 1.29 is 10.2 Å². The Morgan fingerprint density at radius 1 is 1.37 bits per heavy atom. The van der Waals surface area contributed by atoms with Crippen molar-refractivity contribution in [1.29, 1.82) is 0 Å². The number of hydrogen-bond acceptors (Lipinski definition) is 3. The summed E-state index contributed by atoms with van der Waals surface area (Å²) in [6, 6.07) is 7.45. The minimum Gasteiger partial charge on any atom is -0.396 e. The lowest BCUT2D eigenvalue weighted by Crippen LogP contribution is -2.37. The average molecular weight is 284 g/mol. The lowest BCUT2D eigenvalue weighted by molar-refractivity contribution is 0.0963. The van der Waals surface area contributed by atoms with E-state index in [1.54, 1.807) is 0 Å². The van der Waals surface area contributed by atoms with Gasteiger partial charge in [-0.2, -0.15) is 0 Å². The van der Waals surface area contributed by atoms with E-state index in [0.717, 1.165) is 38.0 Å². The van der Waals surface area contributed by atoms with E-state index < -0.39 is 6.10 Å². The summed E-state index contributed by atoms with van der Waals surface area (Å²) in [6.07, 6.45) is 2.42. The van der Waals surface area contributed by atoms with E-state index in [0.29, 0.717) is 17.4 Å². The van der Waals surface area contributed by atoms with Crippen molar-refractivity contribution in [2.24, 2.45) is 5.92 Å². The predicted molar refractivity (Wildman–Crippen MR) is 77.3 cm³/mol. The highest BCUT2D eigenvalue weighted by atomic mass is 35.5. The quantitative estimate of drug-likeness (QED) is 0.872. The monoisotopic (exact) mass is 283 g/mol. The van der Waals surface area contributed by atoms with E-state index in [4.69, 9.17) is 11.6 Å². The third-order valence-corrected chi connectivity index (χ3v) is 4.19. The number of benzene rings is 1. The molecule has 1 aliphatic heterocycles. The van der Waals surface area contributed by atoms with Crippen molar-refractivity contribution in [3.05, 3.63) is 34.9 Å². The van der Waals surface area contributed by atoms with Crippen LogP contribution in [0.25, 0.3) is 0 Å². The lowest BCUT2D eigenvalue weighted by atomic mass is 9.98. The van der Waals surface area contributed by atoms with Gasteiger partial charge in [0.25, 0.3) is 0 Å². The Balaban J connectivity index is 1.83. The first-order valence-corrected chi connectivity index (χ1v) is 7.34. The Labute approximate surface area is 119 Å². The summed E-state index contributed by atoms with van der Waals surface area (Å²) in [5.74, 6) is 0.395. The third kappa shape index (κ3) is 4.18. The zero-order chi connectivity index (χ0) is 13.7. The molecule has 19 heavy (non-hydrogen) atoms. The molecule has 1 saturated heterocycles. The van der Waals surface area contributed by atoms with Gasteiger partial charge in [-0.05, 0) is 43.4 Å². The van der Waals surface area contributed by atoms with Crippen LogP contribution in [0.3, 0.4) is 0 Å². The minimum absolute atomic E-state index is 0.267. The molecule has 3 nitrogen and oxygen atoms in total. The molecule has 1 aromatic carbocycles. The fraction of sp³-hybridized carbons (Fsp3) is 0.600. The molecule has 1 fully saturated rings. The topological polar surface area (TPSA) is 43.7 Å². The van der Waals surface area contributed by atoms with Crippen LogP contribution in [0, 0.1) is 5.92 Å². The molecule has 1 aliphatic rings. The molecule has 2 unspecified atom stereocenters. The van der Waals surface area contributed by atoms with Crippen LogP contribution < -0.4 is 0 Å². The van der Waals surface area contributed by atoms with Gasteiger partial charge in [-0.15, -0.1) is 0 Å². The molecule has 1 aromatic rings. The van der Waals surface area contributed by atoms with E-state index in [-0.39, 0.29) is 6.61 Å². The standard InChI is InChI=1S/C15H22ClNO2/c16-14-6-2-1-5-13(14)15(19)7-9-17-8-3-4-12(10-17)11-18/h1-2,5-6,12,15,18-19H,3-4,7-11H2. The first-order valence-electron chi connectivity index (χ1n) is 6.96. The van der Waals surface area contributed by atoms with Crippen molar-refractivity contribution >= 4 is 11.6 Å². The Bertz CT molecular complexity index is 399. The SMILES string of the molecule is OCC1CCCN(CCC(O)c2ccccc2Cl)C1. The van der Waals surface area contributed by atoms with Crippen molar-refractivity contribution in [3.8, 4) is 0 Å². The van der Waals surface area contributed by atoms with Gasteiger partial charge in [0.2, 0.25) is 0 Å². The second kappa shape index (κ2) is 7.25. The summed E-state index contributed by atoms with van der Waals surface area (Å²) in [6.45, 7) is 3.12. The van der Waals surface area contributed by atoms with Crippen molar-refractivity contribution in [1.82, 2.24) is 4.90 Å². The lowest BCUT2D eigenvalue weighted by Gasteiger charge is -2.32. The molecule has 2 N–H and O–H groups in total. The Morgan fingerprint density at radius 2 is 2.16 bits per heavy atom. The largest absolute Gasteiger partial charge is 0.396 e. The molecule has 0 amide bonds. The van der Waals surface area contributed by atoms with Gasteiger partial charge >= 0.3 is 0 Å². The molecule has 4 heteroatoms. The molecule has 106 valence electrons. The highest BCUT2D eigenvalue weighted by Crippen LogP contribution is 2.25.